The summed E-state index contributed by atoms with van der Waals surface area (Å²) < 4.78 is 39.1. The summed E-state index contributed by atoms with van der Waals surface area (Å²) in [7, 11) is 0. The number of aromatic nitrogens is 1. The van der Waals surface area contributed by atoms with Crippen LogP contribution < -0.4 is 5.32 Å². The van der Waals surface area contributed by atoms with Gasteiger partial charge in [0.25, 0.3) is 0 Å². The molecule has 2 nitrogen and oxygen atoms in total. The van der Waals surface area contributed by atoms with Crippen LogP contribution in [-0.2, 0) is 6.18 Å². The van der Waals surface area contributed by atoms with Gasteiger partial charge in [-0.2, -0.15) is 13.2 Å². The van der Waals surface area contributed by atoms with E-state index in [1.54, 1.807) is 0 Å². The lowest BCUT2D eigenvalue weighted by Crippen LogP contribution is -2.27. The van der Waals surface area contributed by atoms with E-state index in [2.05, 4.69) is 26.2 Å². The van der Waals surface area contributed by atoms with Crippen molar-refractivity contribution in [3.8, 4) is 0 Å². The van der Waals surface area contributed by atoms with Crippen molar-refractivity contribution in [2.75, 3.05) is 5.32 Å². The fourth-order valence-electron chi connectivity index (χ4n) is 2.10. The molecule has 0 saturated heterocycles. The third-order valence-electron chi connectivity index (χ3n) is 3.28. The van der Waals surface area contributed by atoms with Gasteiger partial charge in [0.1, 0.15) is 5.82 Å². The first-order valence-electron chi connectivity index (χ1n) is 6.28. The average molecular weight is 339 g/mol. The molecule has 0 bridgehead atoms. The summed E-state index contributed by atoms with van der Waals surface area (Å²) in [6.45, 7) is 5.96. The number of rotatable bonds is 5. The zero-order valence-corrected chi connectivity index (χ0v) is 12.8. The maximum atomic E-state index is 12.9. The molecule has 0 amide bonds. The van der Waals surface area contributed by atoms with Crippen LogP contribution in [0.3, 0.4) is 0 Å². The van der Waals surface area contributed by atoms with Gasteiger partial charge in [-0.3, -0.25) is 0 Å². The second-order valence-electron chi connectivity index (χ2n) is 4.56. The van der Waals surface area contributed by atoms with Gasteiger partial charge < -0.3 is 5.32 Å². The van der Waals surface area contributed by atoms with Crippen molar-refractivity contribution < 1.29 is 13.2 Å². The number of hydrogen-bond donors (Lipinski definition) is 1. The van der Waals surface area contributed by atoms with Crippen LogP contribution in [0.25, 0.3) is 0 Å². The Bertz CT molecular complexity index is 417. The number of alkyl halides is 3. The van der Waals surface area contributed by atoms with Crippen molar-refractivity contribution in [3.63, 3.8) is 0 Å². The van der Waals surface area contributed by atoms with Crippen molar-refractivity contribution in [1.29, 1.82) is 0 Å². The Hall–Kier alpha value is -0.780. The van der Waals surface area contributed by atoms with Gasteiger partial charge in [-0.05, 0) is 34.8 Å². The molecule has 0 aliphatic carbocycles. The Kier molecular flexibility index (Phi) is 5.64. The Morgan fingerprint density at radius 1 is 1.32 bits per heavy atom. The molecule has 0 radical (unpaired) electrons. The fraction of sp³-hybridized carbons (Fsp3) is 0.615. The SMILES string of the molecule is CCC(CC)C(C)Nc1ncc(Br)cc1C(F)(F)F. The van der Waals surface area contributed by atoms with Crippen LogP contribution in [0.2, 0.25) is 0 Å². The molecule has 108 valence electrons. The smallest absolute Gasteiger partial charge is 0.367 e. The molecule has 6 heteroatoms. The van der Waals surface area contributed by atoms with Crippen LogP contribution >= 0.6 is 15.9 Å². The van der Waals surface area contributed by atoms with E-state index in [9.17, 15) is 13.2 Å². The maximum Gasteiger partial charge on any atom is 0.419 e. The number of hydrogen-bond acceptors (Lipinski definition) is 2. The molecule has 0 aromatic carbocycles. The normalized spacial score (nSPS) is 13.7. The molecule has 0 aliphatic heterocycles. The quantitative estimate of drug-likeness (QED) is 0.807. The number of nitrogens with zero attached hydrogens (tertiary/aromatic N) is 1. The lowest BCUT2D eigenvalue weighted by Gasteiger charge is -2.24. The first-order valence-corrected chi connectivity index (χ1v) is 7.08. The van der Waals surface area contributed by atoms with Crippen LogP contribution in [0.1, 0.15) is 39.2 Å². The number of nitrogens with one attached hydrogen (secondary N) is 1. The van der Waals surface area contributed by atoms with Crippen LogP contribution in [0.5, 0.6) is 0 Å². The highest BCUT2D eigenvalue weighted by Crippen LogP contribution is 2.36. The van der Waals surface area contributed by atoms with Crippen molar-refractivity contribution in [3.05, 3.63) is 22.3 Å². The van der Waals surface area contributed by atoms with Gasteiger partial charge in [-0.1, -0.05) is 26.7 Å². The topological polar surface area (TPSA) is 24.9 Å². The molecule has 1 aromatic rings. The monoisotopic (exact) mass is 338 g/mol. The molecule has 1 aromatic heterocycles. The third-order valence-corrected chi connectivity index (χ3v) is 3.71. The van der Waals surface area contributed by atoms with E-state index >= 15 is 0 Å². The minimum atomic E-state index is -4.41. The van der Waals surface area contributed by atoms with Gasteiger partial charge in [0.2, 0.25) is 0 Å². The molecule has 0 saturated carbocycles. The molecule has 1 atom stereocenters. The van der Waals surface area contributed by atoms with E-state index in [-0.39, 0.29) is 11.9 Å². The van der Waals surface area contributed by atoms with Crippen molar-refractivity contribution in [2.45, 2.75) is 45.8 Å². The first-order chi connectivity index (χ1) is 8.79. The molecule has 1 N–H and O–H groups in total. The van der Waals surface area contributed by atoms with E-state index in [1.807, 2.05) is 20.8 Å². The zero-order chi connectivity index (χ0) is 14.6. The predicted molar refractivity (Wildman–Crippen MR) is 74.1 cm³/mol. The third kappa shape index (κ3) is 4.37. The Morgan fingerprint density at radius 3 is 2.37 bits per heavy atom. The highest BCUT2D eigenvalue weighted by Gasteiger charge is 2.35. The predicted octanol–water partition coefficient (Wildman–Crippen LogP) is 5.10. The Morgan fingerprint density at radius 2 is 1.89 bits per heavy atom. The van der Waals surface area contributed by atoms with Crippen molar-refractivity contribution >= 4 is 21.7 Å². The van der Waals surface area contributed by atoms with Gasteiger partial charge in [-0.25, -0.2) is 4.98 Å². The highest BCUT2D eigenvalue weighted by molar-refractivity contribution is 9.10. The van der Waals surface area contributed by atoms with Crippen molar-refractivity contribution in [1.82, 2.24) is 4.98 Å². The van der Waals surface area contributed by atoms with E-state index in [4.69, 9.17) is 0 Å². The summed E-state index contributed by atoms with van der Waals surface area (Å²) in [4.78, 5) is 3.86. The maximum absolute atomic E-state index is 12.9. The van der Waals surface area contributed by atoms with Gasteiger partial charge in [0, 0.05) is 16.7 Å². The molecule has 1 rings (SSSR count). The summed E-state index contributed by atoms with van der Waals surface area (Å²) in [5.74, 6) is 0.224. The zero-order valence-electron chi connectivity index (χ0n) is 11.2. The summed E-state index contributed by atoms with van der Waals surface area (Å²) in [5.41, 5.74) is -0.736. The van der Waals surface area contributed by atoms with Crippen molar-refractivity contribution in [2.24, 2.45) is 5.92 Å². The highest BCUT2D eigenvalue weighted by atomic mass is 79.9. The van der Waals surface area contributed by atoms with Crippen LogP contribution in [-0.4, -0.2) is 11.0 Å². The van der Waals surface area contributed by atoms with E-state index in [0.29, 0.717) is 10.4 Å². The van der Waals surface area contributed by atoms with E-state index < -0.39 is 11.7 Å². The second kappa shape index (κ2) is 6.59. The van der Waals surface area contributed by atoms with Gasteiger partial charge in [-0.15, -0.1) is 0 Å². The second-order valence-corrected chi connectivity index (χ2v) is 5.47. The summed E-state index contributed by atoms with van der Waals surface area (Å²) in [5, 5.41) is 2.89. The summed E-state index contributed by atoms with van der Waals surface area (Å²) in [6.07, 6.45) is -1.20. The minimum absolute atomic E-state index is 0.0511. The molecule has 19 heavy (non-hydrogen) atoms. The number of anilines is 1. The molecule has 1 heterocycles. The molecule has 0 spiro atoms. The molecule has 0 aliphatic rings. The largest absolute Gasteiger partial charge is 0.419 e. The fourth-order valence-corrected chi connectivity index (χ4v) is 2.43. The van der Waals surface area contributed by atoms with Gasteiger partial charge >= 0.3 is 6.18 Å². The minimum Gasteiger partial charge on any atom is -0.367 e. The van der Waals surface area contributed by atoms with Gasteiger partial charge in [0.15, 0.2) is 0 Å². The van der Waals surface area contributed by atoms with Crippen LogP contribution in [0.4, 0.5) is 19.0 Å². The molecule has 1 unspecified atom stereocenters. The van der Waals surface area contributed by atoms with Crippen LogP contribution in [0.15, 0.2) is 16.7 Å². The summed E-state index contributed by atoms with van der Waals surface area (Å²) in [6, 6.07) is 0.999. The average Bonchev–Trinajstić information content (AvgIpc) is 2.31. The van der Waals surface area contributed by atoms with Gasteiger partial charge in [0.05, 0.1) is 5.56 Å². The number of halogens is 4. The molecular weight excluding hydrogens is 321 g/mol. The Labute approximate surface area is 119 Å². The lowest BCUT2D eigenvalue weighted by atomic mass is 9.95. The number of pyridine rings is 1. The Balaban J connectivity index is 3.01. The lowest BCUT2D eigenvalue weighted by molar-refractivity contribution is -0.137. The van der Waals surface area contributed by atoms with E-state index in [0.717, 1.165) is 18.9 Å². The molecular formula is C13H18BrF3N2. The first kappa shape index (κ1) is 16.3. The van der Waals surface area contributed by atoms with E-state index in [1.165, 1.54) is 6.20 Å². The summed E-state index contributed by atoms with van der Waals surface area (Å²) >= 11 is 3.02. The van der Waals surface area contributed by atoms with Crippen LogP contribution in [0, 0.1) is 5.92 Å². The standard InChI is InChI=1S/C13H18BrF3N2/c1-4-9(5-2)8(3)19-12-11(13(15,16)17)6-10(14)7-18-12/h6-9H,4-5H2,1-3H3,(H,18,19). The molecule has 0 fully saturated rings.